The van der Waals surface area contributed by atoms with Gasteiger partial charge in [-0.25, -0.2) is 0 Å². The van der Waals surface area contributed by atoms with Gasteiger partial charge in [0.25, 0.3) is 0 Å². The van der Waals surface area contributed by atoms with Crippen molar-refractivity contribution in [2.24, 2.45) is 0 Å². The normalized spacial score (nSPS) is 11.1. The molecule has 4 aromatic rings. The third kappa shape index (κ3) is 4.88. The molecule has 0 bridgehead atoms. The summed E-state index contributed by atoms with van der Waals surface area (Å²) in [5.74, 6) is 1.57. The minimum Gasteiger partial charge on any atom is -0.461 e. The molecular formula is C24H24N4O2S. The third-order valence-corrected chi connectivity index (χ3v) is 5.77. The second kappa shape index (κ2) is 9.66. The molecule has 0 radical (unpaired) electrons. The van der Waals surface area contributed by atoms with Gasteiger partial charge in [-0.15, -0.1) is 10.2 Å². The Labute approximate surface area is 185 Å². The van der Waals surface area contributed by atoms with Crippen molar-refractivity contribution in [2.45, 2.75) is 31.6 Å². The zero-order valence-corrected chi connectivity index (χ0v) is 18.3. The van der Waals surface area contributed by atoms with Crippen molar-refractivity contribution in [2.75, 3.05) is 5.75 Å². The highest BCUT2D eigenvalue weighted by Crippen LogP contribution is 2.28. The number of para-hydroxylation sites is 1. The molecule has 0 N–H and O–H groups in total. The van der Waals surface area contributed by atoms with Gasteiger partial charge in [-0.1, -0.05) is 60.3 Å². The largest absolute Gasteiger partial charge is 0.461 e. The van der Waals surface area contributed by atoms with Crippen molar-refractivity contribution in [3.63, 3.8) is 0 Å². The summed E-state index contributed by atoms with van der Waals surface area (Å²) in [4.78, 5) is 15.0. The summed E-state index contributed by atoms with van der Waals surface area (Å²) in [5.41, 5.74) is 2.03. The van der Waals surface area contributed by atoms with Gasteiger partial charge in [-0.3, -0.25) is 9.36 Å². The van der Waals surface area contributed by atoms with E-state index in [-0.39, 0.29) is 17.7 Å². The summed E-state index contributed by atoms with van der Waals surface area (Å²) in [6.07, 6.45) is 1.61. The van der Waals surface area contributed by atoms with Crippen molar-refractivity contribution in [3.8, 4) is 17.3 Å². The number of nitrogens with zero attached hydrogens (tertiary/aromatic N) is 4. The smallest absolute Gasteiger partial charge is 0.233 e. The lowest BCUT2D eigenvalue weighted by molar-refractivity contribution is -0.130. The summed E-state index contributed by atoms with van der Waals surface area (Å²) >= 11 is 1.38. The Balaban J connectivity index is 1.56. The molecule has 0 aliphatic heterocycles. The van der Waals surface area contributed by atoms with E-state index >= 15 is 0 Å². The standard InChI is InChI=1S/C24H24N4O2S/c1-18(2)27(16-19-10-5-3-6-11-19)22(29)17-31-24-26-25-23(21-14-9-15-30-21)28(24)20-12-7-4-8-13-20/h3-15,18H,16-17H2,1-2H3. The first kappa shape index (κ1) is 20.9. The average Bonchev–Trinajstić information content (AvgIpc) is 3.46. The minimum atomic E-state index is 0.0611. The maximum atomic E-state index is 13.1. The van der Waals surface area contributed by atoms with E-state index in [1.165, 1.54) is 11.8 Å². The van der Waals surface area contributed by atoms with Gasteiger partial charge < -0.3 is 9.32 Å². The SMILES string of the molecule is CC(C)N(Cc1ccccc1)C(=O)CSc1nnc(-c2ccco2)n1-c1ccccc1. The van der Waals surface area contributed by atoms with Gasteiger partial charge in [0.15, 0.2) is 10.9 Å². The van der Waals surface area contributed by atoms with Crippen LogP contribution in [0.2, 0.25) is 0 Å². The summed E-state index contributed by atoms with van der Waals surface area (Å²) in [6.45, 7) is 4.65. The highest BCUT2D eigenvalue weighted by molar-refractivity contribution is 7.99. The lowest BCUT2D eigenvalue weighted by atomic mass is 10.2. The third-order valence-electron chi connectivity index (χ3n) is 4.85. The first-order chi connectivity index (χ1) is 15.1. The van der Waals surface area contributed by atoms with Crippen molar-refractivity contribution in [1.29, 1.82) is 0 Å². The molecule has 6 nitrogen and oxygen atoms in total. The predicted octanol–water partition coefficient (Wildman–Crippen LogP) is 5.06. The fraction of sp³-hybridized carbons (Fsp3) is 0.208. The molecule has 1 amide bonds. The van der Waals surface area contributed by atoms with Crippen LogP contribution >= 0.6 is 11.8 Å². The first-order valence-electron chi connectivity index (χ1n) is 10.1. The summed E-state index contributed by atoms with van der Waals surface area (Å²) in [7, 11) is 0. The number of hydrogen-bond acceptors (Lipinski definition) is 5. The van der Waals surface area contributed by atoms with E-state index < -0.39 is 0 Å². The molecule has 2 aromatic carbocycles. The zero-order chi connectivity index (χ0) is 21.6. The molecule has 0 atom stereocenters. The fourth-order valence-electron chi connectivity index (χ4n) is 3.29. The quantitative estimate of drug-likeness (QED) is 0.364. The molecule has 0 aliphatic rings. The number of thioether (sulfide) groups is 1. The van der Waals surface area contributed by atoms with E-state index in [0.29, 0.717) is 23.3 Å². The predicted molar refractivity (Wildman–Crippen MR) is 122 cm³/mol. The number of carbonyl (C=O) groups excluding carboxylic acids is 1. The molecule has 2 heterocycles. The van der Waals surface area contributed by atoms with Crippen LogP contribution in [0.5, 0.6) is 0 Å². The van der Waals surface area contributed by atoms with Crippen molar-refractivity contribution in [3.05, 3.63) is 84.6 Å². The molecule has 0 aliphatic carbocycles. The number of amides is 1. The van der Waals surface area contributed by atoms with Gasteiger partial charge in [0.2, 0.25) is 11.7 Å². The number of hydrogen-bond donors (Lipinski definition) is 0. The second-order valence-corrected chi connectivity index (χ2v) is 8.29. The Kier molecular flexibility index (Phi) is 6.52. The maximum absolute atomic E-state index is 13.1. The lowest BCUT2D eigenvalue weighted by Gasteiger charge is -2.26. The van der Waals surface area contributed by atoms with Crippen LogP contribution in [-0.4, -0.2) is 37.4 Å². The molecule has 7 heteroatoms. The summed E-state index contributed by atoms with van der Waals surface area (Å²) in [6, 6.07) is 23.7. The van der Waals surface area contributed by atoms with Crippen LogP contribution in [0.25, 0.3) is 17.3 Å². The molecule has 0 saturated carbocycles. The zero-order valence-electron chi connectivity index (χ0n) is 17.5. The molecular weight excluding hydrogens is 408 g/mol. The highest BCUT2D eigenvalue weighted by Gasteiger charge is 2.22. The molecule has 0 unspecified atom stereocenters. The van der Waals surface area contributed by atoms with Crippen LogP contribution in [0.4, 0.5) is 0 Å². The Hall–Kier alpha value is -3.32. The molecule has 31 heavy (non-hydrogen) atoms. The van der Waals surface area contributed by atoms with E-state index in [4.69, 9.17) is 4.42 Å². The van der Waals surface area contributed by atoms with E-state index in [1.54, 1.807) is 6.26 Å². The molecule has 0 fully saturated rings. The van der Waals surface area contributed by atoms with Gasteiger partial charge >= 0.3 is 0 Å². The molecule has 158 valence electrons. The van der Waals surface area contributed by atoms with Crippen molar-refractivity contribution in [1.82, 2.24) is 19.7 Å². The van der Waals surface area contributed by atoms with Gasteiger partial charge in [0.05, 0.1) is 12.0 Å². The van der Waals surface area contributed by atoms with Crippen LogP contribution in [0.1, 0.15) is 19.4 Å². The Morgan fingerprint density at radius 2 is 1.71 bits per heavy atom. The van der Waals surface area contributed by atoms with Crippen molar-refractivity contribution < 1.29 is 9.21 Å². The topological polar surface area (TPSA) is 64.2 Å². The molecule has 2 aromatic heterocycles. The van der Waals surface area contributed by atoms with E-state index in [1.807, 2.05) is 96.1 Å². The minimum absolute atomic E-state index is 0.0611. The Morgan fingerprint density at radius 1 is 1.00 bits per heavy atom. The van der Waals surface area contributed by atoms with Crippen LogP contribution in [0, 0.1) is 0 Å². The van der Waals surface area contributed by atoms with Gasteiger partial charge in [0, 0.05) is 18.3 Å². The van der Waals surface area contributed by atoms with Crippen LogP contribution < -0.4 is 0 Å². The average molecular weight is 433 g/mol. The van der Waals surface area contributed by atoms with Crippen LogP contribution in [-0.2, 0) is 11.3 Å². The Bertz CT molecular complexity index is 1110. The molecule has 0 spiro atoms. The fourth-order valence-corrected chi connectivity index (χ4v) is 4.12. The molecule has 0 saturated heterocycles. The number of benzene rings is 2. The highest BCUT2D eigenvalue weighted by atomic mass is 32.2. The van der Waals surface area contributed by atoms with E-state index in [2.05, 4.69) is 10.2 Å². The van der Waals surface area contributed by atoms with E-state index in [9.17, 15) is 4.79 Å². The number of aromatic nitrogens is 3. The summed E-state index contributed by atoms with van der Waals surface area (Å²) < 4.78 is 7.47. The first-order valence-corrected chi connectivity index (χ1v) is 11.1. The monoisotopic (exact) mass is 432 g/mol. The summed E-state index contributed by atoms with van der Waals surface area (Å²) in [5, 5.41) is 9.34. The lowest BCUT2D eigenvalue weighted by Crippen LogP contribution is -2.37. The number of carbonyl (C=O) groups is 1. The molecule has 4 rings (SSSR count). The number of furan rings is 1. The Morgan fingerprint density at radius 3 is 2.35 bits per heavy atom. The van der Waals surface area contributed by atoms with Crippen molar-refractivity contribution >= 4 is 17.7 Å². The second-order valence-electron chi connectivity index (χ2n) is 7.34. The van der Waals surface area contributed by atoms with E-state index in [0.717, 1.165) is 11.3 Å². The van der Waals surface area contributed by atoms with Gasteiger partial charge in [-0.2, -0.15) is 0 Å². The van der Waals surface area contributed by atoms with Gasteiger partial charge in [0.1, 0.15) is 0 Å². The number of rotatable bonds is 8. The van der Waals surface area contributed by atoms with Crippen LogP contribution in [0.15, 0.2) is 88.6 Å². The van der Waals surface area contributed by atoms with Gasteiger partial charge in [-0.05, 0) is 43.7 Å². The van der Waals surface area contributed by atoms with Crippen LogP contribution in [0.3, 0.4) is 0 Å². The maximum Gasteiger partial charge on any atom is 0.233 e.